The van der Waals surface area contributed by atoms with Crippen molar-refractivity contribution >= 4 is 39.1 Å². The van der Waals surface area contributed by atoms with Gasteiger partial charge in [-0.1, -0.05) is 34.1 Å². The van der Waals surface area contributed by atoms with Crippen molar-refractivity contribution in [2.45, 2.75) is 26.9 Å². The Morgan fingerprint density at radius 2 is 1.40 bits per heavy atom. The molecule has 30 heavy (non-hydrogen) atoms. The SMILES string of the molecule is Cc1ccccc1C(=O)Nc1ccc(NC(=O)c2cc(Br)ccc2OC(C)C)cc1. The van der Waals surface area contributed by atoms with Gasteiger partial charge in [0.1, 0.15) is 5.75 Å². The first kappa shape index (κ1) is 21.6. The minimum absolute atomic E-state index is 0.0473. The number of ether oxygens (including phenoxy) is 1. The molecule has 3 aromatic carbocycles. The molecule has 2 N–H and O–H groups in total. The molecule has 0 bridgehead atoms. The van der Waals surface area contributed by atoms with Crippen LogP contribution in [-0.2, 0) is 0 Å². The predicted molar refractivity (Wildman–Crippen MR) is 123 cm³/mol. The van der Waals surface area contributed by atoms with E-state index in [-0.39, 0.29) is 17.9 Å². The van der Waals surface area contributed by atoms with Crippen molar-refractivity contribution in [3.05, 3.63) is 87.9 Å². The third-order valence-electron chi connectivity index (χ3n) is 4.34. The molecule has 6 heteroatoms. The summed E-state index contributed by atoms with van der Waals surface area (Å²) in [5, 5.41) is 5.74. The highest BCUT2D eigenvalue weighted by Gasteiger charge is 2.15. The first-order chi connectivity index (χ1) is 14.3. The molecule has 0 unspecified atom stereocenters. The van der Waals surface area contributed by atoms with Gasteiger partial charge < -0.3 is 15.4 Å². The third kappa shape index (κ3) is 5.48. The zero-order valence-corrected chi connectivity index (χ0v) is 18.6. The lowest BCUT2D eigenvalue weighted by Gasteiger charge is -2.15. The number of rotatable bonds is 6. The first-order valence-corrected chi connectivity index (χ1v) is 10.4. The average Bonchev–Trinajstić information content (AvgIpc) is 2.70. The van der Waals surface area contributed by atoms with Gasteiger partial charge in [-0.2, -0.15) is 0 Å². The Kier molecular flexibility index (Phi) is 6.90. The monoisotopic (exact) mass is 466 g/mol. The topological polar surface area (TPSA) is 67.4 Å². The van der Waals surface area contributed by atoms with Crippen molar-refractivity contribution < 1.29 is 14.3 Å². The maximum absolute atomic E-state index is 12.8. The van der Waals surface area contributed by atoms with Crippen molar-refractivity contribution in [3.8, 4) is 5.75 Å². The van der Waals surface area contributed by atoms with Gasteiger partial charge in [0.25, 0.3) is 11.8 Å². The molecule has 154 valence electrons. The fraction of sp³-hybridized carbons (Fsp3) is 0.167. The van der Waals surface area contributed by atoms with Gasteiger partial charge in [0, 0.05) is 21.4 Å². The van der Waals surface area contributed by atoms with Crippen molar-refractivity contribution in [2.24, 2.45) is 0 Å². The number of aryl methyl sites for hydroxylation is 1. The molecule has 0 aliphatic rings. The van der Waals surface area contributed by atoms with E-state index in [1.165, 1.54) is 0 Å². The van der Waals surface area contributed by atoms with Gasteiger partial charge in [-0.05, 0) is 74.9 Å². The smallest absolute Gasteiger partial charge is 0.259 e. The van der Waals surface area contributed by atoms with E-state index in [9.17, 15) is 9.59 Å². The molecule has 3 aromatic rings. The zero-order chi connectivity index (χ0) is 21.7. The molecule has 2 amide bonds. The zero-order valence-electron chi connectivity index (χ0n) is 17.0. The molecule has 3 rings (SSSR count). The highest BCUT2D eigenvalue weighted by molar-refractivity contribution is 9.10. The lowest BCUT2D eigenvalue weighted by molar-refractivity contribution is 0.101. The minimum Gasteiger partial charge on any atom is -0.490 e. The maximum Gasteiger partial charge on any atom is 0.259 e. The molecule has 0 aliphatic carbocycles. The van der Waals surface area contributed by atoms with E-state index in [2.05, 4.69) is 26.6 Å². The van der Waals surface area contributed by atoms with Crippen LogP contribution in [0.15, 0.2) is 71.2 Å². The summed E-state index contributed by atoms with van der Waals surface area (Å²) >= 11 is 3.40. The highest BCUT2D eigenvalue weighted by Crippen LogP contribution is 2.26. The normalized spacial score (nSPS) is 10.6. The summed E-state index contributed by atoms with van der Waals surface area (Å²) < 4.78 is 6.53. The molecule has 0 atom stereocenters. The molecule has 0 saturated carbocycles. The molecule has 0 spiro atoms. The predicted octanol–water partition coefficient (Wildman–Crippen LogP) is 6.05. The molecule has 5 nitrogen and oxygen atoms in total. The number of hydrogen-bond acceptors (Lipinski definition) is 3. The van der Waals surface area contributed by atoms with E-state index < -0.39 is 0 Å². The van der Waals surface area contributed by atoms with Gasteiger partial charge >= 0.3 is 0 Å². The van der Waals surface area contributed by atoms with Crippen molar-refractivity contribution in [1.29, 1.82) is 0 Å². The number of hydrogen-bond donors (Lipinski definition) is 2. The van der Waals surface area contributed by atoms with Crippen molar-refractivity contribution in [3.63, 3.8) is 0 Å². The Balaban J connectivity index is 1.70. The number of nitrogens with one attached hydrogen (secondary N) is 2. The Labute approximate surface area is 184 Å². The van der Waals surface area contributed by atoms with Crippen molar-refractivity contribution in [2.75, 3.05) is 10.6 Å². The van der Waals surface area contributed by atoms with E-state index in [4.69, 9.17) is 4.74 Å². The van der Waals surface area contributed by atoms with E-state index in [0.717, 1.165) is 10.0 Å². The molecule has 0 aromatic heterocycles. The number of halogens is 1. The number of benzene rings is 3. The van der Waals surface area contributed by atoms with Crippen LogP contribution in [0, 0.1) is 6.92 Å². The molecule has 0 fully saturated rings. The molecular formula is C24H23BrN2O3. The number of carbonyl (C=O) groups is 2. The second-order valence-corrected chi connectivity index (χ2v) is 8.02. The van der Waals surface area contributed by atoms with Crippen LogP contribution < -0.4 is 15.4 Å². The Morgan fingerprint density at radius 3 is 1.97 bits per heavy atom. The number of carbonyl (C=O) groups excluding carboxylic acids is 2. The molecular weight excluding hydrogens is 444 g/mol. The lowest BCUT2D eigenvalue weighted by atomic mass is 10.1. The summed E-state index contributed by atoms with van der Waals surface area (Å²) in [5.74, 6) is 0.0750. The summed E-state index contributed by atoms with van der Waals surface area (Å²) in [6, 6.07) is 19.7. The standard InChI is InChI=1S/C24H23BrN2O3/c1-15(2)30-22-13-8-17(25)14-21(22)24(29)27-19-11-9-18(10-12-19)26-23(28)20-7-5-4-6-16(20)3/h4-15H,1-3H3,(H,26,28)(H,27,29). The summed E-state index contributed by atoms with van der Waals surface area (Å²) in [6.45, 7) is 5.72. The fourth-order valence-corrected chi connectivity index (χ4v) is 3.26. The van der Waals surface area contributed by atoms with E-state index >= 15 is 0 Å². The molecule has 0 aliphatic heterocycles. The van der Waals surface area contributed by atoms with E-state index in [1.807, 2.05) is 45.0 Å². The Morgan fingerprint density at radius 1 is 0.833 bits per heavy atom. The number of anilines is 2. The highest BCUT2D eigenvalue weighted by atomic mass is 79.9. The lowest BCUT2D eigenvalue weighted by Crippen LogP contribution is -2.16. The van der Waals surface area contributed by atoms with Gasteiger partial charge in [0.05, 0.1) is 11.7 Å². The summed E-state index contributed by atoms with van der Waals surface area (Å²) in [4.78, 5) is 25.2. The quantitative estimate of drug-likeness (QED) is 0.464. The van der Waals surface area contributed by atoms with Gasteiger partial charge in [-0.3, -0.25) is 9.59 Å². The summed E-state index contributed by atoms with van der Waals surface area (Å²) in [7, 11) is 0. The van der Waals surface area contributed by atoms with Crippen LogP contribution in [0.25, 0.3) is 0 Å². The van der Waals surface area contributed by atoms with Gasteiger partial charge in [-0.15, -0.1) is 0 Å². The van der Waals surface area contributed by atoms with E-state index in [0.29, 0.717) is 28.3 Å². The summed E-state index contributed by atoms with van der Waals surface area (Å²) in [6.07, 6.45) is -0.0473. The molecule has 0 saturated heterocycles. The van der Waals surface area contributed by atoms with Crippen LogP contribution in [0.3, 0.4) is 0 Å². The number of amides is 2. The third-order valence-corrected chi connectivity index (χ3v) is 4.83. The van der Waals surface area contributed by atoms with Crippen LogP contribution in [0.1, 0.15) is 40.1 Å². The van der Waals surface area contributed by atoms with Crippen LogP contribution >= 0.6 is 15.9 Å². The second-order valence-electron chi connectivity index (χ2n) is 7.11. The van der Waals surface area contributed by atoms with Gasteiger partial charge in [0.15, 0.2) is 0 Å². The van der Waals surface area contributed by atoms with Crippen molar-refractivity contribution in [1.82, 2.24) is 0 Å². The Hall–Kier alpha value is -3.12. The second kappa shape index (κ2) is 9.59. The van der Waals surface area contributed by atoms with Gasteiger partial charge in [0.2, 0.25) is 0 Å². The summed E-state index contributed by atoms with van der Waals surface area (Å²) in [5.41, 5.74) is 3.24. The average molecular weight is 467 g/mol. The van der Waals surface area contributed by atoms with Gasteiger partial charge in [-0.25, -0.2) is 0 Å². The molecule has 0 radical (unpaired) electrons. The van der Waals surface area contributed by atoms with Crippen LogP contribution in [0.5, 0.6) is 5.75 Å². The first-order valence-electron chi connectivity index (χ1n) is 9.58. The van der Waals surface area contributed by atoms with E-state index in [1.54, 1.807) is 42.5 Å². The largest absolute Gasteiger partial charge is 0.490 e. The fourth-order valence-electron chi connectivity index (χ4n) is 2.90. The maximum atomic E-state index is 12.8. The Bertz CT molecular complexity index is 1060. The minimum atomic E-state index is -0.274. The van der Waals surface area contributed by atoms with Crippen LogP contribution in [-0.4, -0.2) is 17.9 Å². The molecule has 0 heterocycles. The van der Waals surface area contributed by atoms with Crippen LogP contribution in [0.4, 0.5) is 11.4 Å². The van der Waals surface area contributed by atoms with Crippen LogP contribution in [0.2, 0.25) is 0 Å².